The van der Waals surface area contributed by atoms with Crippen molar-refractivity contribution in [3.8, 4) is 5.75 Å². The molecule has 0 aliphatic carbocycles. The number of hydrogen-bond acceptors (Lipinski definition) is 3. The molecule has 0 aliphatic rings. The van der Waals surface area contributed by atoms with Crippen LogP contribution in [0.15, 0.2) is 30.3 Å². The second-order valence-corrected chi connectivity index (χ2v) is 5.69. The molecule has 0 saturated carbocycles. The van der Waals surface area contributed by atoms with Crippen LogP contribution in [0.25, 0.3) is 0 Å². The first-order valence-corrected chi connectivity index (χ1v) is 7.58. The fourth-order valence-corrected chi connectivity index (χ4v) is 2.32. The van der Waals surface area contributed by atoms with Crippen LogP contribution in [-0.2, 0) is 0 Å². The number of rotatable bonds is 5. The number of ether oxygens (including phenoxy) is 1. The number of nitrogens with one attached hydrogen (secondary N) is 1. The molecule has 0 unspecified atom stereocenters. The minimum absolute atomic E-state index is 0.413. The molecule has 2 rings (SSSR count). The fraction of sp³-hybridized carbons (Fsp3) is 0.200. The van der Waals surface area contributed by atoms with Crippen molar-refractivity contribution in [1.82, 2.24) is 0 Å². The van der Waals surface area contributed by atoms with Crippen molar-refractivity contribution in [1.29, 1.82) is 0 Å². The highest BCUT2D eigenvalue weighted by molar-refractivity contribution is 6.44. The Kier molecular flexibility index (Phi) is 5.45. The van der Waals surface area contributed by atoms with Gasteiger partial charge in [0.05, 0.1) is 33.0 Å². The number of nitrogen functional groups attached to an aromatic ring is 1. The molecule has 0 bridgehead atoms. The van der Waals surface area contributed by atoms with Crippen molar-refractivity contribution >= 4 is 51.9 Å². The molecule has 21 heavy (non-hydrogen) atoms. The Bertz CT molecular complexity index is 647. The smallest absolute Gasteiger partial charge is 0.144 e. The summed E-state index contributed by atoms with van der Waals surface area (Å²) in [5.41, 5.74) is 7.94. The third-order valence-corrected chi connectivity index (χ3v) is 3.80. The SMILES string of the molecule is CCCOc1cc(Nc2cc(Cl)c(Cl)cc2Cl)ccc1N. The van der Waals surface area contributed by atoms with Crippen molar-refractivity contribution in [2.24, 2.45) is 0 Å². The van der Waals surface area contributed by atoms with Crippen LogP contribution in [0, 0.1) is 0 Å². The van der Waals surface area contributed by atoms with Crippen LogP contribution in [0.2, 0.25) is 15.1 Å². The van der Waals surface area contributed by atoms with Gasteiger partial charge in [0, 0.05) is 11.8 Å². The van der Waals surface area contributed by atoms with E-state index < -0.39 is 0 Å². The first-order chi connectivity index (χ1) is 10.0. The summed E-state index contributed by atoms with van der Waals surface area (Å²) in [6.45, 7) is 2.65. The minimum Gasteiger partial charge on any atom is -0.491 e. The average Bonchev–Trinajstić information content (AvgIpc) is 2.45. The van der Waals surface area contributed by atoms with Crippen LogP contribution in [-0.4, -0.2) is 6.61 Å². The summed E-state index contributed by atoms with van der Waals surface area (Å²) in [5, 5.41) is 4.50. The van der Waals surface area contributed by atoms with Gasteiger partial charge in [-0.15, -0.1) is 0 Å². The number of halogens is 3. The Balaban J connectivity index is 2.25. The number of nitrogens with two attached hydrogens (primary N) is 1. The van der Waals surface area contributed by atoms with Crippen LogP contribution < -0.4 is 15.8 Å². The van der Waals surface area contributed by atoms with Gasteiger partial charge in [-0.25, -0.2) is 0 Å². The van der Waals surface area contributed by atoms with Gasteiger partial charge in [0.2, 0.25) is 0 Å². The quantitative estimate of drug-likeness (QED) is 0.535. The summed E-state index contributed by atoms with van der Waals surface area (Å²) in [4.78, 5) is 0. The van der Waals surface area contributed by atoms with Gasteiger partial charge in [0.25, 0.3) is 0 Å². The van der Waals surface area contributed by atoms with E-state index in [0.29, 0.717) is 38.8 Å². The fourth-order valence-electron chi connectivity index (χ4n) is 1.72. The summed E-state index contributed by atoms with van der Waals surface area (Å²) in [7, 11) is 0. The lowest BCUT2D eigenvalue weighted by Gasteiger charge is -2.13. The highest BCUT2D eigenvalue weighted by Gasteiger charge is 2.08. The van der Waals surface area contributed by atoms with E-state index in [1.54, 1.807) is 18.2 Å². The summed E-state index contributed by atoms with van der Waals surface area (Å²) in [6.07, 6.45) is 0.912. The molecule has 2 aromatic carbocycles. The zero-order valence-electron chi connectivity index (χ0n) is 11.4. The number of anilines is 3. The first kappa shape index (κ1) is 16.1. The summed E-state index contributed by atoms with van der Waals surface area (Å²) in [6, 6.07) is 8.71. The molecular weight excluding hydrogens is 331 g/mol. The molecule has 112 valence electrons. The molecule has 0 radical (unpaired) electrons. The second-order valence-electron chi connectivity index (χ2n) is 4.47. The maximum absolute atomic E-state index is 6.14. The van der Waals surface area contributed by atoms with Gasteiger partial charge >= 0.3 is 0 Å². The third kappa shape index (κ3) is 4.10. The van der Waals surface area contributed by atoms with E-state index in [1.165, 1.54) is 0 Å². The van der Waals surface area contributed by atoms with E-state index in [0.717, 1.165) is 12.1 Å². The van der Waals surface area contributed by atoms with Crippen LogP contribution >= 0.6 is 34.8 Å². The maximum atomic E-state index is 6.14. The zero-order valence-corrected chi connectivity index (χ0v) is 13.7. The van der Waals surface area contributed by atoms with Gasteiger partial charge in [-0.3, -0.25) is 0 Å². The predicted octanol–water partition coefficient (Wildman–Crippen LogP) is 5.76. The topological polar surface area (TPSA) is 47.3 Å². The van der Waals surface area contributed by atoms with Crippen LogP contribution in [0.4, 0.5) is 17.1 Å². The van der Waals surface area contributed by atoms with Gasteiger partial charge < -0.3 is 15.8 Å². The Morgan fingerprint density at radius 3 is 2.48 bits per heavy atom. The van der Waals surface area contributed by atoms with Crippen molar-refractivity contribution < 1.29 is 4.74 Å². The van der Waals surface area contributed by atoms with E-state index in [4.69, 9.17) is 45.3 Å². The summed E-state index contributed by atoms with van der Waals surface area (Å²) < 4.78 is 5.59. The van der Waals surface area contributed by atoms with Crippen molar-refractivity contribution in [2.45, 2.75) is 13.3 Å². The van der Waals surface area contributed by atoms with Gasteiger partial charge in [-0.05, 0) is 30.7 Å². The molecular formula is C15H15Cl3N2O. The summed E-state index contributed by atoms with van der Waals surface area (Å²) in [5.74, 6) is 0.637. The first-order valence-electron chi connectivity index (χ1n) is 6.45. The van der Waals surface area contributed by atoms with Crippen LogP contribution in [0.3, 0.4) is 0 Å². The van der Waals surface area contributed by atoms with Gasteiger partial charge in [0.15, 0.2) is 0 Å². The largest absolute Gasteiger partial charge is 0.491 e. The molecule has 0 heterocycles. The normalized spacial score (nSPS) is 10.5. The van der Waals surface area contributed by atoms with Crippen molar-refractivity contribution in [2.75, 3.05) is 17.7 Å². The molecule has 0 amide bonds. The Morgan fingerprint density at radius 2 is 1.76 bits per heavy atom. The van der Waals surface area contributed by atoms with Gasteiger partial charge in [0.1, 0.15) is 5.75 Å². The Morgan fingerprint density at radius 1 is 1.05 bits per heavy atom. The standard InChI is InChI=1S/C15H15Cl3N2O/c1-2-5-21-15-6-9(3-4-13(15)19)20-14-8-11(17)10(16)7-12(14)18/h3-4,6-8,20H,2,5,19H2,1H3. The summed E-state index contributed by atoms with van der Waals surface area (Å²) >= 11 is 18.1. The molecule has 6 heteroatoms. The molecule has 0 spiro atoms. The minimum atomic E-state index is 0.413. The van der Waals surface area contributed by atoms with E-state index >= 15 is 0 Å². The Labute approximate surface area is 138 Å². The monoisotopic (exact) mass is 344 g/mol. The molecule has 0 saturated heterocycles. The Hall–Kier alpha value is -1.29. The lowest BCUT2D eigenvalue weighted by atomic mass is 10.2. The van der Waals surface area contributed by atoms with Crippen molar-refractivity contribution in [3.05, 3.63) is 45.4 Å². The molecule has 0 fully saturated rings. The molecule has 3 N–H and O–H groups in total. The molecule has 0 aliphatic heterocycles. The molecule has 2 aromatic rings. The highest BCUT2D eigenvalue weighted by Crippen LogP contribution is 2.35. The molecule has 0 aromatic heterocycles. The van der Waals surface area contributed by atoms with E-state index in [9.17, 15) is 0 Å². The number of benzene rings is 2. The lowest BCUT2D eigenvalue weighted by molar-refractivity contribution is 0.319. The van der Waals surface area contributed by atoms with E-state index in [2.05, 4.69) is 5.32 Å². The highest BCUT2D eigenvalue weighted by atomic mass is 35.5. The average molecular weight is 346 g/mol. The maximum Gasteiger partial charge on any atom is 0.144 e. The van der Waals surface area contributed by atoms with Gasteiger partial charge in [-0.2, -0.15) is 0 Å². The lowest BCUT2D eigenvalue weighted by Crippen LogP contribution is -2.00. The molecule has 0 atom stereocenters. The predicted molar refractivity (Wildman–Crippen MR) is 91.4 cm³/mol. The van der Waals surface area contributed by atoms with Crippen molar-refractivity contribution in [3.63, 3.8) is 0 Å². The van der Waals surface area contributed by atoms with Gasteiger partial charge in [-0.1, -0.05) is 41.7 Å². The van der Waals surface area contributed by atoms with E-state index in [-0.39, 0.29) is 0 Å². The van der Waals surface area contributed by atoms with Crippen LogP contribution in [0.1, 0.15) is 13.3 Å². The zero-order chi connectivity index (χ0) is 15.4. The molecule has 3 nitrogen and oxygen atoms in total. The second kappa shape index (κ2) is 7.12. The third-order valence-electron chi connectivity index (χ3n) is 2.76. The van der Waals surface area contributed by atoms with Crippen LogP contribution in [0.5, 0.6) is 5.75 Å². The number of hydrogen-bond donors (Lipinski definition) is 2. The van der Waals surface area contributed by atoms with E-state index in [1.807, 2.05) is 19.1 Å².